The first-order valence-electron chi connectivity index (χ1n) is 6.31. The highest BCUT2D eigenvalue weighted by Gasteiger charge is 2.35. The number of aliphatic carboxylic acids is 1. The molecule has 1 fully saturated rings. The normalized spacial score (nSPS) is 19.4. The van der Waals surface area contributed by atoms with Gasteiger partial charge in [0.25, 0.3) is 0 Å². The van der Waals surface area contributed by atoms with Gasteiger partial charge in [0.1, 0.15) is 5.60 Å². The summed E-state index contributed by atoms with van der Waals surface area (Å²) in [6.45, 7) is 8.61. The first-order chi connectivity index (χ1) is 8.11. The summed E-state index contributed by atoms with van der Waals surface area (Å²) in [5, 5.41) is 8.85. The lowest BCUT2D eigenvalue weighted by atomic mass is 9.78. The molecule has 5 nitrogen and oxygen atoms in total. The van der Waals surface area contributed by atoms with Crippen LogP contribution in [0.5, 0.6) is 0 Å². The van der Waals surface area contributed by atoms with Gasteiger partial charge >= 0.3 is 12.1 Å². The highest BCUT2D eigenvalue weighted by molar-refractivity contribution is 5.69. The lowest BCUT2D eigenvalue weighted by Crippen LogP contribution is -2.44. The van der Waals surface area contributed by atoms with E-state index in [4.69, 9.17) is 9.84 Å². The summed E-state index contributed by atoms with van der Waals surface area (Å²) < 4.78 is 5.30. The van der Waals surface area contributed by atoms with E-state index in [0.717, 1.165) is 0 Å². The average Bonchev–Trinajstić information content (AvgIpc) is 2.13. The molecule has 0 unspecified atom stereocenters. The summed E-state index contributed by atoms with van der Waals surface area (Å²) in [6.07, 6.45) is 1.27. The zero-order chi connectivity index (χ0) is 14.0. The van der Waals surface area contributed by atoms with Gasteiger partial charge in [-0.2, -0.15) is 0 Å². The van der Waals surface area contributed by atoms with Gasteiger partial charge in [0.05, 0.1) is 6.42 Å². The van der Waals surface area contributed by atoms with Crippen LogP contribution in [-0.2, 0) is 9.53 Å². The van der Waals surface area contributed by atoms with Crippen molar-refractivity contribution < 1.29 is 19.4 Å². The first kappa shape index (κ1) is 14.8. The molecule has 0 saturated carbocycles. The van der Waals surface area contributed by atoms with Crippen molar-refractivity contribution in [2.24, 2.45) is 5.41 Å². The van der Waals surface area contributed by atoms with E-state index in [2.05, 4.69) is 0 Å². The van der Waals surface area contributed by atoms with Gasteiger partial charge < -0.3 is 14.7 Å². The number of likely N-dealkylation sites (tertiary alicyclic amines) is 1. The number of nitrogens with zero attached hydrogens (tertiary/aromatic N) is 1. The number of carbonyl (C=O) groups excluding carboxylic acids is 1. The Morgan fingerprint density at radius 3 is 2.17 bits per heavy atom. The Bertz CT molecular complexity index is 324. The van der Waals surface area contributed by atoms with Crippen LogP contribution in [0.15, 0.2) is 0 Å². The summed E-state index contributed by atoms with van der Waals surface area (Å²) in [4.78, 5) is 24.3. The maximum atomic E-state index is 11.8. The zero-order valence-electron chi connectivity index (χ0n) is 11.7. The SMILES string of the molecule is CC1(CC(=O)O)CCN(C(=O)OC(C)(C)C)CC1. The lowest BCUT2D eigenvalue weighted by Gasteiger charge is -2.38. The highest BCUT2D eigenvalue weighted by atomic mass is 16.6. The van der Waals surface area contributed by atoms with E-state index in [1.165, 1.54) is 0 Å². The van der Waals surface area contributed by atoms with E-state index >= 15 is 0 Å². The Morgan fingerprint density at radius 1 is 1.28 bits per heavy atom. The molecule has 0 bridgehead atoms. The number of rotatable bonds is 2. The predicted octanol–water partition coefficient (Wildman–Crippen LogP) is 2.50. The smallest absolute Gasteiger partial charge is 0.410 e. The second-order valence-corrected chi connectivity index (χ2v) is 6.35. The van der Waals surface area contributed by atoms with Gasteiger partial charge in [-0.25, -0.2) is 4.79 Å². The van der Waals surface area contributed by atoms with E-state index in [1.807, 2.05) is 27.7 Å². The lowest BCUT2D eigenvalue weighted by molar-refractivity contribution is -0.140. The van der Waals surface area contributed by atoms with Crippen molar-refractivity contribution in [1.82, 2.24) is 4.90 Å². The van der Waals surface area contributed by atoms with E-state index in [-0.39, 0.29) is 17.9 Å². The number of hydrogen-bond donors (Lipinski definition) is 1. The minimum atomic E-state index is -0.775. The van der Waals surface area contributed by atoms with Crippen LogP contribution in [0.2, 0.25) is 0 Å². The van der Waals surface area contributed by atoms with Crippen LogP contribution < -0.4 is 0 Å². The van der Waals surface area contributed by atoms with Crippen molar-refractivity contribution in [3.8, 4) is 0 Å². The van der Waals surface area contributed by atoms with Crippen molar-refractivity contribution in [3.05, 3.63) is 0 Å². The molecule has 104 valence electrons. The average molecular weight is 257 g/mol. The number of ether oxygens (including phenoxy) is 1. The van der Waals surface area contributed by atoms with Crippen molar-refractivity contribution in [2.45, 2.75) is 52.6 Å². The molecule has 1 aliphatic rings. The molecule has 1 amide bonds. The van der Waals surface area contributed by atoms with Crippen molar-refractivity contribution in [1.29, 1.82) is 0 Å². The number of carboxylic acids is 1. The topological polar surface area (TPSA) is 66.8 Å². The van der Waals surface area contributed by atoms with Crippen molar-refractivity contribution in [3.63, 3.8) is 0 Å². The van der Waals surface area contributed by atoms with Crippen LogP contribution in [0.1, 0.15) is 47.0 Å². The van der Waals surface area contributed by atoms with E-state index in [1.54, 1.807) is 4.90 Å². The maximum Gasteiger partial charge on any atom is 0.410 e. The van der Waals surface area contributed by atoms with Gasteiger partial charge in [-0.3, -0.25) is 4.79 Å². The van der Waals surface area contributed by atoms with Gasteiger partial charge in [-0.15, -0.1) is 0 Å². The van der Waals surface area contributed by atoms with Gasteiger partial charge in [0.2, 0.25) is 0 Å². The van der Waals surface area contributed by atoms with Crippen LogP contribution >= 0.6 is 0 Å². The van der Waals surface area contributed by atoms with Crippen LogP contribution in [0.25, 0.3) is 0 Å². The first-order valence-corrected chi connectivity index (χ1v) is 6.31. The summed E-state index contributed by atoms with van der Waals surface area (Å²) in [7, 11) is 0. The Kier molecular flexibility index (Phi) is 4.24. The third kappa shape index (κ3) is 4.55. The maximum absolute atomic E-state index is 11.8. The van der Waals surface area contributed by atoms with Crippen LogP contribution in [0.3, 0.4) is 0 Å². The van der Waals surface area contributed by atoms with Crippen LogP contribution in [0, 0.1) is 5.41 Å². The van der Waals surface area contributed by atoms with Gasteiger partial charge in [-0.1, -0.05) is 6.92 Å². The number of carboxylic acid groups (broad SMARTS) is 1. The van der Waals surface area contributed by atoms with E-state index in [0.29, 0.717) is 25.9 Å². The molecular weight excluding hydrogens is 234 g/mol. The molecule has 0 aliphatic carbocycles. The third-order valence-corrected chi connectivity index (χ3v) is 3.20. The largest absolute Gasteiger partial charge is 0.481 e. The third-order valence-electron chi connectivity index (χ3n) is 3.20. The minimum Gasteiger partial charge on any atom is -0.481 e. The standard InChI is InChI=1S/C13H23NO4/c1-12(2,3)18-11(17)14-7-5-13(4,6-8-14)9-10(15)16/h5-9H2,1-4H3,(H,15,16). The molecular formula is C13H23NO4. The zero-order valence-corrected chi connectivity index (χ0v) is 11.7. The second-order valence-electron chi connectivity index (χ2n) is 6.35. The Morgan fingerprint density at radius 2 is 1.78 bits per heavy atom. The molecule has 0 aromatic carbocycles. The molecule has 1 rings (SSSR count). The number of hydrogen-bond acceptors (Lipinski definition) is 3. The number of amides is 1. The Hall–Kier alpha value is -1.26. The fraction of sp³-hybridized carbons (Fsp3) is 0.846. The predicted molar refractivity (Wildman–Crippen MR) is 67.4 cm³/mol. The molecule has 0 radical (unpaired) electrons. The van der Waals surface area contributed by atoms with Gasteiger partial charge in [-0.05, 0) is 39.0 Å². The highest BCUT2D eigenvalue weighted by Crippen LogP contribution is 2.34. The molecule has 1 N–H and O–H groups in total. The molecule has 1 heterocycles. The second kappa shape index (κ2) is 5.16. The quantitative estimate of drug-likeness (QED) is 0.825. The number of carbonyl (C=O) groups is 2. The summed E-state index contributed by atoms with van der Waals surface area (Å²) in [6, 6.07) is 0. The van der Waals surface area contributed by atoms with Gasteiger partial charge in [0.15, 0.2) is 0 Å². The van der Waals surface area contributed by atoms with Crippen LogP contribution in [-0.4, -0.2) is 40.8 Å². The van der Waals surface area contributed by atoms with Crippen LogP contribution in [0.4, 0.5) is 4.79 Å². The monoisotopic (exact) mass is 257 g/mol. The Balaban J connectivity index is 2.48. The molecule has 1 aliphatic heterocycles. The molecule has 0 aromatic heterocycles. The molecule has 0 aromatic rings. The molecule has 0 spiro atoms. The molecule has 0 atom stereocenters. The molecule has 18 heavy (non-hydrogen) atoms. The van der Waals surface area contributed by atoms with Crippen molar-refractivity contribution >= 4 is 12.1 Å². The minimum absolute atomic E-state index is 0.162. The summed E-state index contributed by atoms with van der Waals surface area (Å²) in [5.41, 5.74) is -0.691. The fourth-order valence-electron chi connectivity index (χ4n) is 2.10. The van der Waals surface area contributed by atoms with E-state index < -0.39 is 11.6 Å². The molecule has 5 heteroatoms. The molecule has 1 saturated heterocycles. The van der Waals surface area contributed by atoms with E-state index in [9.17, 15) is 9.59 Å². The summed E-state index contributed by atoms with van der Waals surface area (Å²) >= 11 is 0. The van der Waals surface area contributed by atoms with Crippen molar-refractivity contribution in [2.75, 3.05) is 13.1 Å². The fourth-order valence-corrected chi connectivity index (χ4v) is 2.10. The Labute approximate surface area is 108 Å². The summed E-state index contributed by atoms with van der Waals surface area (Å²) in [5.74, 6) is -0.775. The number of piperidine rings is 1. The van der Waals surface area contributed by atoms with Gasteiger partial charge in [0, 0.05) is 13.1 Å².